The predicted octanol–water partition coefficient (Wildman–Crippen LogP) is -1.05. The summed E-state index contributed by atoms with van der Waals surface area (Å²) in [5, 5.41) is 16.3. The van der Waals surface area contributed by atoms with Gasteiger partial charge in [-0.25, -0.2) is 4.68 Å². The summed E-state index contributed by atoms with van der Waals surface area (Å²) in [5.74, 6) is -0.931. The molecule has 11 nitrogen and oxygen atoms in total. The van der Waals surface area contributed by atoms with E-state index < -0.39 is 5.97 Å². The number of hydrogen-bond acceptors (Lipinski definition) is 9. The number of aromatic nitrogens is 3. The lowest BCUT2D eigenvalue weighted by Crippen LogP contribution is -2.15. The summed E-state index contributed by atoms with van der Waals surface area (Å²) >= 11 is 0. The fourth-order valence-corrected chi connectivity index (χ4v) is 1.91. The molecular weight excluding hydrogens is 360 g/mol. The van der Waals surface area contributed by atoms with E-state index in [1.807, 2.05) is 0 Å². The largest absolute Gasteiger partial charge is 0.481 e. The molecule has 0 saturated carbocycles. The molecule has 0 spiro atoms. The van der Waals surface area contributed by atoms with Gasteiger partial charge < -0.3 is 34.5 Å². The van der Waals surface area contributed by atoms with Crippen molar-refractivity contribution < 1.29 is 33.6 Å². The molecule has 0 atom stereocenters. The zero-order chi connectivity index (χ0) is 19.6. The van der Waals surface area contributed by atoms with Crippen LogP contribution in [0.15, 0.2) is 6.20 Å². The number of nitrogens with zero attached hydrogens (tertiary/aromatic N) is 3. The van der Waals surface area contributed by atoms with Crippen molar-refractivity contribution in [3.63, 3.8) is 0 Å². The van der Waals surface area contributed by atoms with Crippen LogP contribution in [0.25, 0.3) is 0 Å². The predicted molar refractivity (Wildman–Crippen MR) is 94.5 cm³/mol. The molecule has 3 N–H and O–H groups in total. The van der Waals surface area contributed by atoms with Gasteiger partial charge in [0.15, 0.2) is 0 Å². The van der Waals surface area contributed by atoms with Crippen LogP contribution in [-0.2, 0) is 41.4 Å². The van der Waals surface area contributed by atoms with Crippen molar-refractivity contribution in [2.45, 2.75) is 13.0 Å². The molecular formula is C16H30N4O7. The summed E-state index contributed by atoms with van der Waals surface area (Å²) in [5.41, 5.74) is 5.72. The molecule has 0 aliphatic carbocycles. The number of aliphatic carboxylic acids is 1. The quantitative estimate of drug-likeness (QED) is 0.281. The average molecular weight is 390 g/mol. The van der Waals surface area contributed by atoms with Crippen LogP contribution in [0.4, 0.5) is 0 Å². The molecule has 0 fully saturated rings. The second-order valence-electron chi connectivity index (χ2n) is 5.39. The van der Waals surface area contributed by atoms with Gasteiger partial charge in [0.2, 0.25) is 0 Å². The van der Waals surface area contributed by atoms with Gasteiger partial charge in [0.25, 0.3) is 0 Å². The first-order valence-corrected chi connectivity index (χ1v) is 8.92. The molecule has 27 heavy (non-hydrogen) atoms. The Morgan fingerprint density at radius 2 is 1.37 bits per heavy atom. The molecule has 1 aromatic heterocycles. The van der Waals surface area contributed by atoms with Crippen molar-refractivity contribution in [2.24, 2.45) is 5.73 Å². The van der Waals surface area contributed by atoms with E-state index >= 15 is 0 Å². The van der Waals surface area contributed by atoms with E-state index in [4.69, 9.17) is 34.5 Å². The number of carboxylic acid groups (broad SMARTS) is 1. The van der Waals surface area contributed by atoms with E-state index in [1.165, 1.54) is 0 Å². The maximum atomic E-state index is 10.6. The smallest absolute Gasteiger partial charge is 0.309 e. The lowest BCUT2D eigenvalue weighted by Gasteiger charge is -2.07. The molecule has 1 rings (SSSR count). The summed E-state index contributed by atoms with van der Waals surface area (Å²) in [6.07, 6.45) is 1.47. The number of ether oxygens (including phenoxy) is 5. The summed E-state index contributed by atoms with van der Waals surface area (Å²) in [6, 6.07) is 0. The fourth-order valence-electron chi connectivity index (χ4n) is 1.91. The molecule has 0 amide bonds. The van der Waals surface area contributed by atoms with Crippen LogP contribution in [-0.4, -0.2) is 98.7 Å². The topological polar surface area (TPSA) is 140 Å². The maximum Gasteiger partial charge on any atom is 0.309 e. The molecule has 1 aromatic rings. The van der Waals surface area contributed by atoms with Gasteiger partial charge in [0.05, 0.1) is 84.7 Å². The molecule has 0 aromatic carbocycles. The molecule has 0 aliphatic heterocycles. The maximum absolute atomic E-state index is 10.6. The second kappa shape index (κ2) is 16.5. The highest BCUT2D eigenvalue weighted by Gasteiger charge is 2.05. The van der Waals surface area contributed by atoms with E-state index in [0.717, 1.165) is 0 Å². The minimum atomic E-state index is -0.931. The lowest BCUT2D eigenvalue weighted by atomic mass is 10.3. The van der Waals surface area contributed by atoms with Gasteiger partial charge in [-0.3, -0.25) is 4.79 Å². The number of hydrogen-bond donors (Lipinski definition) is 2. The van der Waals surface area contributed by atoms with Crippen LogP contribution in [0.2, 0.25) is 0 Å². The van der Waals surface area contributed by atoms with E-state index in [1.54, 1.807) is 10.9 Å². The van der Waals surface area contributed by atoms with Gasteiger partial charge in [0.1, 0.15) is 0 Å². The van der Waals surface area contributed by atoms with E-state index in [9.17, 15) is 4.79 Å². The van der Waals surface area contributed by atoms with Crippen molar-refractivity contribution >= 4 is 5.97 Å². The third kappa shape index (κ3) is 14.1. The molecule has 0 aliphatic rings. The third-order valence-corrected chi connectivity index (χ3v) is 3.13. The van der Waals surface area contributed by atoms with Gasteiger partial charge in [0, 0.05) is 12.7 Å². The van der Waals surface area contributed by atoms with Gasteiger partial charge in [-0.15, -0.1) is 5.10 Å². The third-order valence-electron chi connectivity index (χ3n) is 3.13. The Hall–Kier alpha value is -1.63. The Morgan fingerprint density at radius 3 is 1.85 bits per heavy atom. The number of carboxylic acids is 1. The number of carbonyl (C=O) groups is 1. The highest BCUT2D eigenvalue weighted by atomic mass is 16.6. The summed E-state index contributed by atoms with van der Waals surface area (Å²) in [4.78, 5) is 10.6. The van der Waals surface area contributed by atoms with Crippen molar-refractivity contribution in [1.29, 1.82) is 0 Å². The molecule has 1 heterocycles. The minimum absolute atomic E-state index is 0.133. The summed E-state index contributed by atoms with van der Waals surface area (Å²) < 4.78 is 28.2. The molecule has 0 saturated heterocycles. The molecule has 0 bridgehead atoms. The van der Waals surface area contributed by atoms with Crippen molar-refractivity contribution in [3.05, 3.63) is 11.9 Å². The monoisotopic (exact) mass is 390 g/mol. The first kappa shape index (κ1) is 23.4. The summed E-state index contributed by atoms with van der Waals surface area (Å²) in [7, 11) is 0. The van der Waals surface area contributed by atoms with Crippen molar-refractivity contribution in [1.82, 2.24) is 15.0 Å². The standard InChI is InChI=1S/C16H30N4O7/c17-1-3-23-5-7-25-9-11-27-12-10-26-8-6-24-4-2-20-14-15(18-19-20)13-16(21)22/h14H,1-13,17H2,(H,21,22). The number of rotatable bonds is 19. The average Bonchev–Trinajstić information content (AvgIpc) is 3.08. The van der Waals surface area contributed by atoms with Gasteiger partial charge in [-0.1, -0.05) is 5.21 Å². The van der Waals surface area contributed by atoms with Crippen LogP contribution >= 0.6 is 0 Å². The Kier molecular flexibility index (Phi) is 14.3. The van der Waals surface area contributed by atoms with Crippen LogP contribution in [0.3, 0.4) is 0 Å². The van der Waals surface area contributed by atoms with Gasteiger partial charge in [-0.2, -0.15) is 0 Å². The highest BCUT2D eigenvalue weighted by Crippen LogP contribution is 1.95. The zero-order valence-electron chi connectivity index (χ0n) is 15.6. The Bertz CT molecular complexity index is 487. The molecule has 0 radical (unpaired) electrons. The van der Waals surface area contributed by atoms with Crippen LogP contribution in [0.1, 0.15) is 5.69 Å². The fraction of sp³-hybridized carbons (Fsp3) is 0.812. The van der Waals surface area contributed by atoms with E-state index in [2.05, 4.69) is 10.3 Å². The zero-order valence-corrected chi connectivity index (χ0v) is 15.6. The highest BCUT2D eigenvalue weighted by molar-refractivity contribution is 5.69. The van der Waals surface area contributed by atoms with E-state index in [0.29, 0.717) is 84.9 Å². The Balaban J connectivity index is 1.79. The molecule has 156 valence electrons. The van der Waals surface area contributed by atoms with E-state index in [-0.39, 0.29) is 6.42 Å². The second-order valence-corrected chi connectivity index (χ2v) is 5.39. The van der Waals surface area contributed by atoms with Gasteiger partial charge in [-0.05, 0) is 0 Å². The lowest BCUT2D eigenvalue weighted by molar-refractivity contribution is -0.136. The van der Waals surface area contributed by atoms with Crippen LogP contribution in [0.5, 0.6) is 0 Å². The first-order valence-electron chi connectivity index (χ1n) is 8.92. The minimum Gasteiger partial charge on any atom is -0.481 e. The normalized spacial score (nSPS) is 11.1. The van der Waals surface area contributed by atoms with Crippen molar-refractivity contribution in [2.75, 3.05) is 72.6 Å². The SMILES string of the molecule is NCCOCCOCCOCCOCCOCCn1cc(CC(=O)O)nn1. The Labute approximate surface area is 158 Å². The molecule has 11 heteroatoms. The number of nitrogens with two attached hydrogens (primary N) is 1. The Morgan fingerprint density at radius 1 is 0.889 bits per heavy atom. The molecule has 0 unspecified atom stereocenters. The summed E-state index contributed by atoms with van der Waals surface area (Å²) in [6.45, 7) is 6.05. The van der Waals surface area contributed by atoms with Gasteiger partial charge >= 0.3 is 5.97 Å². The first-order chi connectivity index (χ1) is 13.2. The van der Waals surface area contributed by atoms with Crippen LogP contribution in [0, 0.1) is 0 Å². The van der Waals surface area contributed by atoms with Crippen molar-refractivity contribution in [3.8, 4) is 0 Å². The van der Waals surface area contributed by atoms with Crippen LogP contribution < -0.4 is 5.73 Å².